The van der Waals surface area contributed by atoms with Gasteiger partial charge in [-0.05, 0) is 0 Å². The maximum atomic E-state index is 13.0. The molecule has 1 amide bonds. The number of piperazine rings is 1. The van der Waals surface area contributed by atoms with E-state index in [2.05, 4.69) is 16.3 Å². The van der Waals surface area contributed by atoms with Crippen LogP contribution in [0.2, 0.25) is 0 Å². The van der Waals surface area contributed by atoms with E-state index in [9.17, 15) is 14.4 Å². The van der Waals surface area contributed by atoms with Crippen molar-refractivity contribution in [1.29, 1.82) is 5.26 Å². The van der Waals surface area contributed by atoms with Crippen LogP contribution in [0.25, 0.3) is 0 Å². The van der Waals surface area contributed by atoms with Crippen LogP contribution in [-0.2, 0) is 4.79 Å². The molecule has 2 aliphatic rings. The minimum atomic E-state index is -0.384. The lowest BCUT2D eigenvalue weighted by molar-refractivity contribution is -0.118. The maximum absolute atomic E-state index is 13.0. The van der Waals surface area contributed by atoms with Crippen LogP contribution in [0.15, 0.2) is 35.7 Å². The molecule has 7 heteroatoms. The third-order valence-corrected chi connectivity index (χ3v) is 4.62. The van der Waals surface area contributed by atoms with Gasteiger partial charge in [0.15, 0.2) is 0 Å². The topological polar surface area (TPSA) is 93.5 Å². The predicted molar refractivity (Wildman–Crippen MR) is 94.2 cm³/mol. The highest BCUT2D eigenvalue weighted by Gasteiger charge is 2.36. The van der Waals surface area contributed by atoms with Gasteiger partial charge in [-0.15, -0.1) is 0 Å². The summed E-state index contributed by atoms with van der Waals surface area (Å²) < 4.78 is 0. The summed E-state index contributed by atoms with van der Waals surface area (Å²) in [6, 6.07) is 8.81. The summed E-state index contributed by atoms with van der Waals surface area (Å²) in [6.45, 7) is 4.53. The number of nitrogens with zero attached hydrogens (tertiary/aromatic N) is 3. The average molecular weight is 352 g/mol. The van der Waals surface area contributed by atoms with E-state index < -0.39 is 0 Å². The van der Waals surface area contributed by atoms with Crippen LogP contribution in [0.4, 0.5) is 0 Å². The lowest BCUT2D eigenvalue weighted by Crippen LogP contribution is -2.49. The van der Waals surface area contributed by atoms with E-state index in [-0.39, 0.29) is 28.9 Å². The minimum Gasteiger partial charge on any atom is -0.364 e. The normalized spacial score (nSPS) is 17.8. The number of benzene rings is 1. The van der Waals surface area contributed by atoms with Crippen molar-refractivity contribution < 1.29 is 14.4 Å². The second-order valence-electron chi connectivity index (χ2n) is 6.35. The molecule has 1 heterocycles. The fourth-order valence-corrected chi connectivity index (χ4v) is 3.36. The van der Waals surface area contributed by atoms with Crippen molar-refractivity contribution >= 4 is 17.5 Å². The Morgan fingerprint density at radius 3 is 2.31 bits per heavy atom. The van der Waals surface area contributed by atoms with Gasteiger partial charge < -0.3 is 10.2 Å². The van der Waals surface area contributed by atoms with Gasteiger partial charge in [-0.2, -0.15) is 5.26 Å². The molecule has 134 valence electrons. The molecule has 1 N–H and O–H groups in total. The first-order valence-corrected chi connectivity index (χ1v) is 8.57. The molecule has 0 saturated carbocycles. The van der Waals surface area contributed by atoms with E-state index in [1.54, 1.807) is 24.3 Å². The fourth-order valence-electron chi connectivity index (χ4n) is 3.36. The Morgan fingerprint density at radius 1 is 1.12 bits per heavy atom. The van der Waals surface area contributed by atoms with Crippen LogP contribution in [0, 0.1) is 11.3 Å². The Hall–Kier alpha value is -2.98. The smallest absolute Gasteiger partial charge is 0.221 e. The Labute approximate surface area is 151 Å². The van der Waals surface area contributed by atoms with Crippen LogP contribution < -0.4 is 5.32 Å². The summed E-state index contributed by atoms with van der Waals surface area (Å²) in [5.74, 6) is -0.961. The Bertz CT molecular complexity index is 829. The second kappa shape index (κ2) is 7.50. The number of hydrogen-bond donors (Lipinski definition) is 1. The average Bonchev–Trinajstić information content (AvgIpc) is 2.65. The number of ketones is 2. The molecule has 0 aromatic heterocycles. The van der Waals surface area contributed by atoms with Gasteiger partial charge in [0.1, 0.15) is 11.4 Å². The first kappa shape index (κ1) is 17.8. The zero-order valence-corrected chi connectivity index (χ0v) is 14.6. The molecule has 3 rings (SSSR count). The molecule has 0 spiro atoms. The number of carbonyl (C=O) groups is 3. The van der Waals surface area contributed by atoms with Crippen LogP contribution in [0.1, 0.15) is 34.1 Å². The standard InChI is InChI=1S/C19H20N4O3/c1-13(24)21-16-17(23-11-9-22(10-12-23)8-4-7-20)19(26)15-6-3-2-5-14(15)18(16)25/h2-3,5-6H,4,8-12H2,1H3,(H,21,24). The molecule has 26 heavy (non-hydrogen) atoms. The number of nitriles is 1. The highest BCUT2D eigenvalue weighted by Crippen LogP contribution is 2.28. The molecular weight excluding hydrogens is 332 g/mol. The van der Waals surface area contributed by atoms with E-state index in [0.29, 0.717) is 50.3 Å². The summed E-state index contributed by atoms with van der Waals surface area (Å²) in [4.78, 5) is 41.5. The van der Waals surface area contributed by atoms with Gasteiger partial charge in [0.05, 0.1) is 6.07 Å². The van der Waals surface area contributed by atoms with Crippen LogP contribution in [-0.4, -0.2) is 60.0 Å². The quantitative estimate of drug-likeness (QED) is 0.867. The zero-order chi connectivity index (χ0) is 18.7. The fraction of sp³-hybridized carbons (Fsp3) is 0.368. The van der Waals surface area contributed by atoms with Gasteiger partial charge in [-0.1, -0.05) is 24.3 Å². The molecular formula is C19H20N4O3. The van der Waals surface area contributed by atoms with Crippen molar-refractivity contribution in [1.82, 2.24) is 15.1 Å². The minimum absolute atomic E-state index is 0.0617. The van der Waals surface area contributed by atoms with Gasteiger partial charge in [-0.3, -0.25) is 19.3 Å². The number of Topliss-reactive ketones (excluding diaryl/α,β-unsaturated/α-hetero) is 2. The number of hydrogen-bond acceptors (Lipinski definition) is 6. The highest BCUT2D eigenvalue weighted by atomic mass is 16.2. The SMILES string of the molecule is CC(=O)NC1=C(N2CCN(CCC#N)CC2)C(=O)c2ccccc2C1=O. The second-order valence-corrected chi connectivity index (χ2v) is 6.35. The third-order valence-electron chi connectivity index (χ3n) is 4.62. The molecule has 1 aromatic rings. The van der Waals surface area contributed by atoms with Crippen LogP contribution in [0.3, 0.4) is 0 Å². The zero-order valence-electron chi connectivity index (χ0n) is 14.6. The van der Waals surface area contributed by atoms with E-state index in [1.807, 2.05) is 4.90 Å². The lowest BCUT2D eigenvalue weighted by atomic mass is 9.89. The number of rotatable bonds is 4. The van der Waals surface area contributed by atoms with Gasteiger partial charge in [-0.25, -0.2) is 0 Å². The first-order chi connectivity index (χ1) is 12.5. The summed E-state index contributed by atoms with van der Waals surface area (Å²) in [5.41, 5.74) is 1.02. The van der Waals surface area contributed by atoms with Gasteiger partial charge in [0, 0.05) is 57.2 Å². The number of allylic oxidation sites excluding steroid dienone is 2. The molecule has 0 unspecified atom stereocenters. The van der Waals surface area contributed by atoms with Crippen molar-refractivity contribution in [2.75, 3.05) is 32.7 Å². The summed E-state index contributed by atoms with van der Waals surface area (Å²) in [6.07, 6.45) is 0.463. The van der Waals surface area contributed by atoms with Crippen molar-refractivity contribution in [2.45, 2.75) is 13.3 Å². The van der Waals surface area contributed by atoms with Gasteiger partial charge in [0.25, 0.3) is 0 Å². The van der Waals surface area contributed by atoms with E-state index in [1.165, 1.54) is 6.92 Å². The van der Waals surface area contributed by atoms with Crippen molar-refractivity contribution in [3.63, 3.8) is 0 Å². The molecule has 0 radical (unpaired) electrons. The Kier molecular flexibility index (Phi) is 5.14. The molecule has 1 aliphatic carbocycles. The van der Waals surface area contributed by atoms with Crippen molar-refractivity contribution in [2.24, 2.45) is 0 Å². The molecule has 1 aromatic carbocycles. The number of amides is 1. The molecule has 1 fully saturated rings. The summed E-state index contributed by atoms with van der Waals surface area (Å²) >= 11 is 0. The number of carbonyl (C=O) groups excluding carboxylic acids is 3. The molecule has 1 saturated heterocycles. The van der Waals surface area contributed by atoms with Crippen LogP contribution in [0.5, 0.6) is 0 Å². The molecule has 7 nitrogen and oxygen atoms in total. The van der Waals surface area contributed by atoms with Gasteiger partial charge in [0.2, 0.25) is 17.5 Å². The number of nitrogens with one attached hydrogen (secondary N) is 1. The van der Waals surface area contributed by atoms with E-state index in [0.717, 1.165) is 0 Å². The number of fused-ring (bicyclic) bond motifs is 1. The van der Waals surface area contributed by atoms with Crippen molar-refractivity contribution in [3.8, 4) is 6.07 Å². The Balaban J connectivity index is 1.92. The molecule has 1 aliphatic heterocycles. The lowest BCUT2D eigenvalue weighted by Gasteiger charge is -2.38. The Morgan fingerprint density at radius 2 is 1.73 bits per heavy atom. The first-order valence-electron chi connectivity index (χ1n) is 8.57. The van der Waals surface area contributed by atoms with E-state index in [4.69, 9.17) is 5.26 Å². The maximum Gasteiger partial charge on any atom is 0.221 e. The highest BCUT2D eigenvalue weighted by molar-refractivity contribution is 6.27. The summed E-state index contributed by atoms with van der Waals surface area (Å²) in [5, 5.41) is 11.3. The largest absolute Gasteiger partial charge is 0.364 e. The van der Waals surface area contributed by atoms with E-state index >= 15 is 0 Å². The summed E-state index contributed by atoms with van der Waals surface area (Å²) in [7, 11) is 0. The van der Waals surface area contributed by atoms with Crippen LogP contribution >= 0.6 is 0 Å². The molecule has 0 bridgehead atoms. The third kappa shape index (κ3) is 3.37. The van der Waals surface area contributed by atoms with Crippen molar-refractivity contribution in [3.05, 3.63) is 46.8 Å². The monoisotopic (exact) mass is 352 g/mol. The predicted octanol–water partition coefficient (Wildman–Crippen LogP) is 0.945. The van der Waals surface area contributed by atoms with Gasteiger partial charge >= 0.3 is 0 Å². The molecule has 0 atom stereocenters.